The molecule has 1 heterocycles. The molecule has 2 rings (SSSR count). The van der Waals surface area contributed by atoms with E-state index in [9.17, 15) is 4.79 Å². The van der Waals surface area contributed by atoms with E-state index in [0.717, 1.165) is 38.6 Å². The van der Waals surface area contributed by atoms with Crippen molar-refractivity contribution in [3.05, 3.63) is 0 Å². The third-order valence-electron chi connectivity index (χ3n) is 4.21. The van der Waals surface area contributed by atoms with Crippen LogP contribution in [0.4, 0.5) is 0 Å². The molecule has 20 heavy (non-hydrogen) atoms. The van der Waals surface area contributed by atoms with Crippen LogP contribution in [0.5, 0.6) is 0 Å². The fourth-order valence-electron chi connectivity index (χ4n) is 3.18. The minimum absolute atomic E-state index is 0. The molecule has 0 aromatic rings. The largest absolute Gasteiger partial charge is 0.340 e. The first-order valence-corrected chi connectivity index (χ1v) is 7.31. The second-order valence-electron chi connectivity index (χ2n) is 6.34. The fourth-order valence-corrected chi connectivity index (χ4v) is 3.18. The summed E-state index contributed by atoms with van der Waals surface area (Å²) in [6.45, 7) is 7.47. The Bertz CT molecular complexity index is 301. The van der Waals surface area contributed by atoms with Gasteiger partial charge in [0.2, 0.25) is 5.91 Å². The topological polar surface area (TPSA) is 49.6 Å². The van der Waals surface area contributed by atoms with Crippen molar-refractivity contribution < 1.29 is 4.79 Å². The Kier molecular flexibility index (Phi) is 8.41. The number of carbonyl (C=O) groups is 1. The first-order chi connectivity index (χ1) is 8.48. The van der Waals surface area contributed by atoms with Crippen LogP contribution < -0.4 is 5.73 Å². The Hall–Kier alpha value is -0.0300. The van der Waals surface area contributed by atoms with E-state index in [1.54, 1.807) is 13.8 Å². The van der Waals surface area contributed by atoms with Crippen LogP contribution in [-0.2, 0) is 4.79 Å². The summed E-state index contributed by atoms with van der Waals surface area (Å²) < 4.78 is 0. The van der Waals surface area contributed by atoms with Crippen molar-refractivity contribution >= 4 is 30.7 Å². The van der Waals surface area contributed by atoms with Gasteiger partial charge in [0.15, 0.2) is 0 Å². The van der Waals surface area contributed by atoms with Gasteiger partial charge in [-0.3, -0.25) is 9.69 Å². The van der Waals surface area contributed by atoms with E-state index in [-0.39, 0.29) is 30.7 Å². The van der Waals surface area contributed by atoms with Crippen LogP contribution in [-0.4, -0.2) is 53.5 Å². The summed E-state index contributed by atoms with van der Waals surface area (Å²) in [4.78, 5) is 16.7. The summed E-state index contributed by atoms with van der Waals surface area (Å²) in [5.41, 5.74) is 5.18. The highest BCUT2D eigenvalue weighted by atomic mass is 35.5. The third kappa shape index (κ3) is 5.06. The fraction of sp³-hybridized carbons (Fsp3) is 0.929. The van der Waals surface area contributed by atoms with Gasteiger partial charge in [-0.05, 0) is 33.1 Å². The van der Waals surface area contributed by atoms with Gasteiger partial charge in [-0.1, -0.05) is 12.8 Å². The van der Waals surface area contributed by atoms with Gasteiger partial charge >= 0.3 is 0 Å². The summed E-state index contributed by atoms with van der Waals surface area (Å²) in [5, 5.41) is 0. The number of nitrogens with zero attached hydrogens (tertiary/aromatic N) is 2. The minimum Gasteiger partial charge on any atom is -0.340 e. The predicted molar refractivity (Wildman–Crippen MR) is 87.8 cm³/mol. The predicted octanol–water partition coefficient (Wildman–Crippen LogP) is 2.04. The summed E-state index contributed by atoms with van der Waals surface area (Å²) >= 11 is 0. The summed E-state index contributed by atoms with van der Waals surface area (Å²) in [7, 11) is 0. The normalized spacial score (nSPS) is 21.9. The molecular formula is C14H29Cl2N3O. The van der Waals surface area contributed by atoms with Crippen molar-refractivity contribution in [1.82, 2.24) is 9.80 Å². The zero-order chi connectivity index (χ0) is 13.2. The highest BCUT2D eigenvalue weighted by Crippen LogP contribution is 2.24. The first kappa shape index (κ1) is 20.0. The molecule has 1 saturated heterocycles. The molecule has 1 saturated carbocycles. The smallest absolute Gasteiger partial charge is 0.242 e. The van der Waals surface area contributed by atoms with Crippen LogP contribution in [0.1, 0.15) is 46.0 Å². The molecule has 2 N–H and O–H groups in total. The second-order valence-corrected chi connectivity index (χ2v) is 6.34. The van der Waals surface area contributed by atoms with Crippen LogP contribution in [0.2, 0.25) is 0 Å². The molecule has 1 aliphatic carbocycles. The zero-order valence-electron chi connectivity index (χ0n) is 12.6. The van der Waals surface area contributed by atoms with Crippen molar-refractivity contribution in [2.75, 3.05) is 26.2 Å². The second kappa shape index (κ2) is 8.42. The Balaban J connectivity index is 0.00000180. The molecule has 6 heteroatoms. The maximum Gasteiger partial charge on any atom is 0.242 e. The lowest BCUT2D eigenvalue weighted by Gasteiger charge is -2.29. The van der Waals surface area contributed by atoms with Gasteiger partial charge < -0.3 is 10.6 Å². The van der Waals surface area contributed by atoms with Crippen molar-refractivity contribution in [2.45, 2.75) is 57.5 Å². The Morgan fingerprint density at radius 2 is 1.60 bits per heavy atom. The number of hydrogen-bond donors (Lipinski definition) is 1. The van der Waals surface area contributed by atoms with Crippen LogP contribution in [0.15, 0.2) is 0 Å². The molecule has 0 atom stereocenters. The molecule has 0 bridgehead atoms. The molecule has 1 amide bonds. The molecule has 2 fully saturated rings. The minimum atomic E-state index is -0.734. The van der Waals surface area contributed by atoms with Gasteiger partial charge in [-0.25, -0.2) is 0 Å². The van der Waals surface area contributed by atoms with Crippen LogP contribution in [0, 0.1) is 0 Å². The van der Waals surface area contributed by atoms with E-state index >= 15 is 0 Å². The van der Waals surface area contributed by atoms with E-state index in [1.807, 2.05) is 4.90 Å². The lowest BCUT2D eigenvalue weighted by atomic mass is 10.1. The molecular weight excluding hydrogens is 297 g/mol. The van der Waals surface area contributed by atoms with Crippen LogP contribution in [0.3, 0.4) is 0 Å². The molecule has 0 spiro atoms. The van der Waals surface area contributed by atoms with Crippen LogP contribution in [0.25, 0.3) is 0 Å². The van der Waals surface area contributed by atoms with Crippen molar-refractivity contribution in [3.8, 4) is 0 Å². The number of hydrogen-bond acceptors (Lipinski definition) is 3. The van der Waals surface area contributed by atoms with E-state index in [0.29, 0.717) is 0 Å². The van der Waals surface area contributed by atoms with Crippen molar-refractivity contribution in [1.29, 1.82) is 0 Å². The average molecular weight is 326 g/mol. The zero-order valence-corrected chi connectivity index (χ0v) is 14.3. The van der Waals surface area contributed by atoms with Gasteiger partial charge in [-0.15, -0.1) is 24.8 Å². The molecule has 2 aliphatic rings. The van der Waals surface area contributed by atoms with Gasteiger partial charge in [0.05, 0.1) is 5.54 Å². The summed E-state index contributed by atoms with van der Waals surface area (Å²) in [6, 6.07) is 0.769. The summed E-state index contributed by atoms with van der Waals surface area (Å²) in [5.74, 6) is 0.0933. The average Bonchev–Trinajstić information content (AvgIpc) is 2.72. The van der Waals surface area contributed by atoms with E-state index in [2.05, 4.69) is 4.90 Å². The third-order valence-corrected chi connectivity index (χ3v) is 4.21. The molecule has 1 aliphatic heterocycles. The number of amides is 1. The Morgan fingerprint density at radius 3 is 2.15 bits per heavy atom. The maximum atomic E-state index is 12.2. The molecule has 0 aromatic carbocycles. The van der Waals surface area contributed by atoms with Crippen molar-refractivity contribution in [3.63, 3.8) is 0 Å². The number of rotatable bonds is 2. The first-order valence-electron chi connectivity index (χ1n) is 7.31. The summed E-state index contributed by atoms with van der Waals surface area (Å²) in [6.07, 6.45) is 6.52. The standard InChI is InChI=1S/C14H27N3O.2ClH/c1-14(2,15)13(18)17-9-5-8-16(10-11-17)12-6-3-4-7-12;;/h12H,3-11,15H2,1-2H3;2*1H. The van der Waals surface area contributed by atoms with Gasteiger partial charge in [0, 0.05) is 32.2 Å². The lowest BCUT2D eigenvalue weighted by Crippen LogP contribution is -2.52. The van der Waals surface area contributed by atoms with E-state index < -0.39 is 5.54 Å². The Morgan fingerprint density at radius 1 is 1.00 bits per heavy atom. The van der Waals surface area contributed by atoms with Gasteiger partial charge in [0.25, 0.3) is 0 Å². The lowest BCUT2D eigenvalue weighted by molar-refractivity contribution is -0.135. The number of nitrogens with two attached hydrogens (primary N) is 1. The maximum absolute atomic E-state index is 12.2. The highest BCUT2D eigenvalue weighted by molar-refractivity contribution is 5.86. The monoisotopic (exact) mass is 325 g/mol. The molecule has 0 unspecified atom stereocenters. The quantitative estimate of drug-likeness (QED) is 0.845. The molecule has 4 nitrogen and oxygen atoms in total. The van der Waals surface area contributed by atoms with Crippen molar-refractivity contribution in [2.24, 2.45) is 5.73 Å². The van der Waals surface area contributed by atoms with E-state index in [4.69, 9.17) is 5.73 Å². The molecule has 0 aromatic heterocycles. The van der Waals surface area contributed by atoms with E-state index in [1.165, 1.54) is 25.7 Å². The van der Waals surface area contributed by atoms with Gasteiger partial charge in [-0.2, -0.15) is 0 Å². The number of halogens is 2. The Labute approximate surface area is 135 Å². The number of carbonyl (C=O) groups excluding carboxylic acids is 1. The van der Waals surface area contributed by atoms with Gasteiger partial charge in [0.1, 0.15) is 0 Å². The molecule has 120 valence electrons. The SMILES string of the molecule is CC(C)(N)C(=O)N1CCCN(C2CCCC2)CC1.Cl.Cl. The van der Waals surface area contributed by atoms with Crippen LogP contribution >= 0.6 is 24.8 Å². The highest BCUT2D eigenvalue weighted by Gasteiger charge is 2.30. The molecule has 0 radical (unpaired) electrons.